The van der Waals surface area contributed by atoms with E-state index < -0.39 is 12.1 Å². The van der Waals surface area contributed by atoms with Crippen molar-refractivity contribution in [1.82, 2.24) is 9.88 Å². The van der Waals surface area contributed by atoms with E-state index in [1.165, 1.54) is 16.5 Å². The predicted molar refractivity (Wildman–Crippen MR) is 82.2 cm³/mol. The number of alkyl halides is 3. The van der Waals surface area contributed by atoms with Crippen LogP contribution in [0.4, 0.5) is 13.2 Å². The van der Waals surface area contributed by atoms with Crippen molar-refractivity contribution in [1.29, 1.82) is 0 Å². The van der Waals surface area contributed by atoms with E-state index >= 15 is 0 Å². The van der Waals surface area contributed by atoms with Gasteiger partial charge in [-0.3, -0.25) is 4.79 Å². The van der Waals surface area contributed by atoms with Crippen molar-refractivity contribution in [3.8, 4) is 0 Å². The standard InChI is InChI=1S/C17H19F3N2O/c1-11-3-2-4-12-9-10-22(15(11)12)14-7-5-13(6-8-14)21-16(23)17(18,19)20/h2-4,9-10,13-14H,5-8H2,1H3,(H,21,23). The summed E-state index contributed by atoms with van der Waals surface area (Å²) in [5.41, 5.74) is 2.38. The number of fused-ring (bicyclic) bond motifs is 1. The Hall–Kier alpha value is -1.98. The largest absolute Gasteiger partial charge is 0.471 e. The van der Waals surface area contributed by atoms with Gasteiger partial charge in [0.1, 0.15) is 0 Å². The highest BCUT2D eigenvalue weighted by Crippen LogP contribution is 2.33. The first kappa shape index (κ1) is 15.9. The molecule has 3 rings (SSSR count). The van der Waals surface area contributed by atoms with Crippen LogP contribution in [0.25, 0.3) is 10.9 Å². The highest BCUT2D eigenvalue weighted by Gasteiger charge is 2.40. The monoisotopic (exact) mass is 324 g/mol. The molecule has 124 valence electrons. The lowest BCUT2D eigenvalue weighted by molar-refractivity contribution is -0.174. The molecule has 0 saturated heterocycles. The van der Waals surface area contributed by atoms with Crippen LogP contribution in [0, 0.1) is 6.92 Å². The highest BCUT2D eigenvalue weighted by molar-refractivity contribution is 5.83. The summed E-state index contributed by atoms with van der Waals surface area (Å²) in [4.78, 5) is 11.0. The third-order valence-electron chi connectivity index (χ3n) is 4.62. The van der Waals surface area contributed by atoms with Crippen LogP contribution >= 0.6 is 0 Å². The molecule has 1 amide bonds. The molecular weight excluding hydrogens is 305 g/mol. The molecule has 1 fully saturated rings. The van der Waals surface area contributed by atoms with Crippen molar-refractivity contribution in [2.45, 2.75) is 50.9 Å². The molecule has 1 aliphatic carbocycles. The maximum atomic E-state index is 12.3. The molecule has 1 heterocycles. The molecule has 23 heavy (non-hydrogen) atoms. The summed E-state index contributed by atoms with van der Waals surface area (Å²) in [5, 5.41) is 3.28. The molecule has 1 aromatic heterocycles. The van der Waals surface area contributed by atoms with E-state index in [0.29, 0.717) is 12.8 Å². The molecule has 1 saturated carbocycles. The van der Waals surface area contributed by atoms with E-state index in [4.69, 9.17) is 0 Å². The van der Waals surface area contributed by atoms with Gasteiger partial charge in [-0.25, -0.2) is 0 Å². The van der Waals surface area contributed by atoms with Crippen LogP contribution in [0.1, 0.15) is 37.3 Å². The molecule has 1 aromatic carbocycles. The number of halogens is 3. The minimum Gasteiger partial charge on any atom is -0.346 e. The van der Waals surface area contributed by atoms with Gasteiger partial charge in [0.05, 0.1) is 5.52 Å². The summed E-state index contributed by atoms with van der Waals surface area (Å²) >= 11 is 0. The Labute approximate surface area is 132 Å². The normalized spacial score (nSPS) is 22.3. The molecule has 1 N–H and O–H groups in total. The molecule has 0 spiro atoms. The number of benzene rings is 1. The number of carbonyl (C=O) groups excluding carboxylic acids is 1. The maximum absolute atomic E-state index is 12.3. The fourth-order valence-electron chi connectivity index (χ4n) is 3.47. The Morgan fingerprint density at radius 1 is 1.17 bits per heavy atom. The van der Waals surface area contributed by atoms with E-state index in [9.17, 15) is 18.0 Å². The molecule has 0 radical (unpaired) electrons. The zero-order valence-electron chi connectivity index (χ0n) is 12.9. The Kier molecular flexibility index (Phi) is 4.08. The topological polar surface area (TPSA) is 34.0 Å². The van der Waals surface area contributed by atoms with Crippen molar-refractivity contribution in [3.05, 3.63) is 36.0 Å². The molecule has 0 bridgehead atoms. The number of hydrogen-bond acceptors (Lipinski definition) is 1. The molecular formula is C17H19F3N2O. The van der Waals surface area contributed by atoms with Gasteiger partial charge in [0, 0.05) is 18.3 Å². The van der Waals surface area contributed by atoms with Crippen LogP contribution in [0.5, 0.6) is 0 Å². The molecule has 2 aromatic rings. The predicted octanol–water partition coefficient (Wildman–Crippen LogP) is 4.11. The van der Waals surface area contributed by atoms with E-state index in [1.54, 1.807) is 0 Å². The Morgan fingerprint density at radius 2 is 1.87 bits per heavy atom. The van der Waals surface area contributed by atoms with Crippen LogP contribution in [0.3, 0.4) is 0 Å². The second kappa shape index (κ2) is 5.91. The van der Waals surface area contributed by atoms with Gasteiger partial charge in [-0.15, -0.1) is 0 Å². The lowest BCUT2D eigenvalue weighted by Gasteiger charge is -2.31. The summed E-state index contributed by atoms with van der Waals surface area (Å²) in [6, 6.07) is 8.10. The summed E-state index contributed by atoms with van der Waals surface area (Å²) < 4.78 is 39.1. The minimum absolute atomic E-state index is 0.271. The van der Waals surface area contributed by atoms with Crippen LogP contribution in [0.15, 0.2) is 30.5 Å². The maximum Gasteiger partial charge on any atom is 0.471 e. The van der Waals surface area contributed by atoms with Crippen molar-refractivity contribution in [3.63, 3.8) is 0 Å². The molecule has 6 heteroatoms. The van der Waals surface area contributed by atoms with Crippen LogP contribution < -0.4 is 5.32 Å². The van der Waals surface area contributed by atoms with Crippen molar-refractivity contribution in [2.75, 3.05) is 0 Å². The molecule has 0 aliphatic heterocycles. The summed E-state index contributed by atoms with van der Waals surface area (Å²) in [6.45, 7) is 2.06. The fourth-order valence-corrected chi connectivity index (χ4v) is 3.47. The van der Waals surface area contributed by atoms with Gasteiger partial charge >= 0.3 is 12.1 Å². The van der Waals surface area contributed by atoms with Gasteiger partial charge < -0.3 is 9.88 Å². The second-order valence-electron chi connectivity index (χ2n) is 6.21. The number of nitrogens with one attached hydrogen (secondary N) is 1. The molecule has 3 nitrogen and oxygen atoms in total. The lowest BCUT2D eigenvalue weighted by atomic mass is 9.90. The highest BCUT2D eigenvalue weighted by atomic mass is 19.4. The Bertz CT molecular complexity index is 712. The second-order valence-corrected chi connectivity index (χ2v) is 6.21. The first-order valence-corrected chi connectivity index (χ1v) is 7.80. The lowest BCUT2D eigenvalue weighted by Crippen LogP contribution is -2.44. The fraction of sp³-hybridized carbons (Fsp3) is 0.471. The zero-order valence-corrected chi connectivity index (χ0v) is 12.9. The van der Waals surface area contributed by atoms with Crippen LogP contribution in [0.2, 0.25) is 0 Å². The number of carbonyl (C=O) groups is 1. The smallest absolute Gasteiger partial charge is 0.346 e. The number of aryl methyl sites for hydroxylation is 1. The van der Waals surface area contributed by atoms with E-state index in [1.807, 2.05) is 6.07 Å². The number of para-hydroxylation sites is 1. The Balaban J connectivity index is 1.68. The average Bonchev–Trinajstić information content (AvgIpc) is 2.92. The minimum atomic E-state index is -4.80. The van der Waals surface area contributed by atoms with Gasteiger partial charge in [-0.2, -0.15) is 13.2 Å². The van der Waals surface area contributed by atoms with Gasteiger partial charge in [0.15, 0.2) is 0 Å². The zero-order chi connectivity index (χ0) is 16.6. The number of nitrogens with zero attached hydrogens (tertiary/aromatic N) is 1. The summed E-state index contributed by atoms with van der Waals surface area (Å²) in [6.07, 6.45) is -0.0839. The molecule has 0 atom stereocenters. The van der Waals surface area contributed by atoms with Crippen LogP contribution in [-0.2, 0) is 4.79 Å². The number of rotatable bonds is 2. The Morgan fingerprint density at radius 3 is 2.52 bits per heavy atom. The van der Waals surface area contributed by atoms with E-state index in [0.717, 1.165) is 12.8 Å². The first-order chi connectivity index (χ1) is 10.9. The quantitative estimate of drug-likeness (QED) is 0.886. The summed E-state index contributed by atoms with van der Waals surface area (Å²) in [5.74, 6) is -1.83. The van der Waals surface area contributed by atoms with Gasteiger partial charge in [-0.1, -0.05) is 18.2 Å². The van der Waals surface area contributed by atoms with Gasteiger partial charge in [0.25, 0.3) is 0 Å². The molecule has 1 aliphatic rings. The van der Waals surface area contributed by atoms with Gasteiger partial charge in [-0.05, 0) is 49.6 Å². The number of aromatic nitrogens is 1. The third kappa shape index (κ3) is 3.21. The van der Waals surface area contributed by atoms with E-state index in [-0.39, 0.29) is 12.1 Å². The van der Waals surface area contributed by atoms with Crippen LogP contribution in [-0.4, -0.2) is 22.7 Å². The number of amides is 1. The van der Waals surface area contributed by atoms with Crippen molar-refractivity contribution >= 4 is 16.8 Å². The van der Waals surface area contributed by atoms with Crippen molar-refractivity contribution in [2.24, 2.45) is 0 Å². The SMILES string of the molecule is Cc1cccc2ccn(C3CCC(NC(=O)C(F)(F)F)CC3)c12. The number of hydrogen-bond donors (Lipinski definition) is 1. The van der Waals surface area contributed by atoms with E-state index in [2.05, 4.69) is 41.2 Å². The van der Waals surface area contributed by atoms with Crippen molar-refractivity contribution < 1.29 is 18.0 Å². The molecule has 0 unspecified atom stereocenters. The third-order valence-corrected chi connectivity index (χ3v) is 4.62. The summed E-state index contributed by atoms with van der Waals surface area (Å²) in [7, 11) is 0. The average molecular weight is 324 g/mol. The first-order valence-electron chi connectivity index (χ1n) is 7.80. The van der Waals surface area contributed by atoms with Gasteiger partial charge in [0.2, 0.25) is 0 Å².